The predicted molar refractivity (Wildman–Crippen MR) is 78.3 cm³/mol. The van der Waals surface area contributed by atoms with Crippen LogP contribution in [0.4, 0.5) is 0 Å². The van der Waals surface area contributed by atoms with Gasteiger partial charge in [-0.3, -0.25) is 0 Å². The molecule has 0 spiro atoms. The number of nitrogens with zero attached hydrogens (tertiary/aromatic N) is 4. The average Bonchev–Trinajstić information content (AvgIpc) is 3.04. The summed E-state index contributed by atoms with van der Waals surface area (Å²) in [4.78, 5) is 12.0. The summed E-state index contributed by atoms with van der Waals surface area (Å²) >= 11 is 3.32. The van der Waals surface area contributed by atoms with Crippen molar-refractivity contribution in [1.29, 1.82) is 0 Å². The molecule has 0 bridgehead atoms. The lowest BCUT2D eigenvalue weighted by Gasteiger charge is -2.05. The van der Waals surface area contributed by atoms with Gasteiger partial charge in [0.2, 0.25) is 0 Å². The highest BCUT2D eigenvalue weighted by molar-refractivity contribution is 9.10. The first-order chi connectivity index (χ1) is 10.2. The molecular formula is C14H9BrN4O2. The number of hydrogen-bond donors (Lipinski definition) is 0. The Bertz CT molecular complexity index is 740. The van der Waals surface area contributed by atoms with Gasteiger partial charge in [0.25, 0.3) is 0 Å². The lowest BCUT2D eigenvalue weighted by atomic mass is 10.2. The molecule has 0 fully saturated rings. The molecule has 0 saturated carbocycles. The molecule has 0 N–H and O–H groups in total. The van der Waals surface area contributed by atoms with Gasteiger partial charge in [-0.2, -0.15) is 0 Å². The fourth-order valence-corrected chi connectivity index (χ4v) is 1.96. The Kier molecular flexibility index (Phi) is 3.74. The molecule has 2 aromatic carbocycles. The van der Waals surface area contributed by atoms with Gasteiger partial charge in [0.1, 0.15) is 12.1 Å². The first-order valence-electron chi connectivity index (χ1n) is 6.03. The second-order valence-electron chi connectivity index (χ2n) is 4.14. The maximum absolute atomic E-state index is 12.0. The van der Waals surface area contributed by atoms with Crippen LogP contribution in [0.1, 0.15) is 10.4 Å². The summed E-state index contributed by atoms with van der Waals surface area (Å²) in [7, 11) is 0. The number of esters is 1. The second kappa shape index (κ2) is 5.84. The SMILES string of the molecule is O=C(Oc1ccc(Br)cc1)c1ccc(-n2cnnn2)cc1. The van der Waals surface area contributed by atoms with Gasteiger partial charge in [-0.25, -0.2) is 9.48 Å². The van der Waals surface area contributed by atoms with E-state index in [9.17, 15) is 4.79 Å². The molecule has 0 unspecified atom stereocenters. The van der Waals surface area contributed by atoms with E-state index in [-0.39, 0.29) is 0 Å². The van der Waals surface area contributed by atoms with Crippen LogP contribution in [0, 0.1) is 0 Å². The van der Waals surface area contributed by atoms with Gasteiger partial charge in [0.05, 0.1) is 11.3 Å². The number of carbonyl (C=O) groups is 1. The summed E-state index contributed by atoms with van der Waals surface area (Å²) in [6, 6.07) is 13.9. The molecule has 0 amide bonds. The number of rotatable bonds is 3. The normalized spacial score (nSPS) is 10.3. The minimum atomic E-state index is -0.416. The van der Waals surface area contributed by atoms with Gasteiger partial charge in [0, 0.05) is 4.47 Å². The second-order valence-corrected chi connectivity index (χ2v) is 5.06. The third-order valence-electron chi connectivity index (χ3n) is 2.74. The smallest absolute Gasteiger partial charge is 0.343 e. The predicted octanol–water partition coefficient (Wildman–Crippen LogP) is 2.64. The highest BCUT2D eigenvalue weighted by atomic mass is 79.9. The first-order valence-corrected chi connectivity index (χ1v) is 6.83. The van der Waals surface area contributed by atoms with E-state index in [1.54, 1.807) is 36.4 Å². The molecule has 3 aromatic rings. The molecule has 0 aliphatic carbocycles. The van der Waals surface area contributed by atoms with Crippen LogP contribution in [0.15, 0.2) is 59.3 Å². The van der Waals surface area contributed by atoms with Crippen molar-refractivity contribution in [2.75, 3.05) is 0 Å². The van der Waals surface area contributed by atoms with Crippen LogP contribution >= 0.6 is 15.9 Å². The molecule has 0 aliphatic rings. The number of tetrazole rings is 1. The maximum Gasteiger partial charge on any atom is 0.343 e. The van der Waals surface area contributed by atoms with Crippen molar-refractivity contribution >= 4 is 21.9 Å². The number of carbonyl (C=O) groups excluding carboxylic acids is 1. The van der Waals surface area contributed by atoms with Gasteiger partial charge >= 0.3 is 5.97 Å². The monoisotopic (exact) mass is 344 g/mol. The molecular weight excluding hydrogens is 336 g/mol. The Morgan fingerprint density at radius 2 is 1.76 bits per heavy atom. The van der Waals surface area contributed by atoms with Crippen molar-refractivity contribution in [2.45, 2.75) is 0 Å². The van der Waals surface area contributed by atoms with E-state index in [1.807, 2.05) is 12.1 Å². The van der Waals surface area contributed by atoms with Crippen LogP contribution in [0.2, 0.25) is 0 Å². The Morgan fingerprint density at radius 3 is 2.38 bits per heavy atom. The molecule has 7 heteroatoms. The van der Waals surface area contributed by atoms with E-state index >= 15 is 0 Å². The molecule has 3 rings (SSSR count). The van der Waals surface area contributed by atoms with Crippen LogP contribution < -0.4 is 4.74 Å². The van der Waals surface area contributed by atoms with Gasteiger partial charge in [-0.1, -0.05) is 15.9 Å². The summed E-state index contributed by atoms with van der Waals surface area (Å²) in [5.74, 6) is 0.0772. The highest BCUT2D eigenvalue weighted by Crippen LogP contribution is 2.17. The highest BCUT2D eigenvalue weighted by Gasteiger charge is 2.09. The minimum absolute atomic E-state index is 0.416. The van der Waals surface area contributed by atoms with Crippen molar-refractivity contribution in [2.24, 2.45) is 0 Å². The zero-order valence-corrected chi connectivity index (χ0v) is 12.3. The Balaban J connectivity index is 1.74. The van der Waals surface area contributed by atoms with E-state index in [4.69, 9.17) is 4.74 Å². The summed E-state index contributed by atoms with van der Waals surface area (Å²) in [5, 5.41) is 10.9. The van der Waals surface area contributed by atoms with Gasteiger partial charge in [0.15, 0.2) is 0 Å². The summed E-state index contributed by atoms with van der Waals surface area (Å²) in [6.45, 7) is 0. The zero-order valence-electron chi connectivity index (χ0n) is 10.7. The Hall–Kier alpha value is -2.54. The third-order valence-corrected chi connectivity index (χ3v) is 3.27. The lowest BCUT2D eigenvalue weighted by molar-refractivity contribution is 0.0735. The number of ether oxygens (including phenoxy) is 1. The van der Waals surface area contributed by atoms with Crippen molar-refractivity contribution < 1.29 is 9.53 Å². The van der Waals surface area contributed by atoms with Crippen LogP contribution in [-0.4, -0.2) is 26.2 Å². The topological polar surface area (TPSA) is 69.9 Å². The Labute approximate surface area is 128 Å². The molecule has 0 saturated heterocycles. The van der Waals surface area contributed by atoms with E-state index < -0.39 is 5.97 Å². The third kappa shape index (κ3) is 3.14. The van der Waals surface area contributed by atoms with Crippen molar-refractivity contribution in [3.8, 4) is 11.4 Å². The minimum Gasteiger partial charge on any atom is -0.423 e. The van der Waals surface area contributed by atoms with Crippen molar-refractivity contribution in [1.82, 2.24) is 20.2 Å². The van der Waals surface area contributed by atoms with Crippen LogP contribution in [0.5, 0.6) is 5.75 Å². The fourth-order valence-electron chi connectivity index (χ4n) is 1.70. The van der Waals surface area contributed by atoms with Crippen molar-refractivity contribution in [3.05, 3.63) is 64.9 Å². The summed E-state index contributed by atoms with van der Waals surface area (Å²) in [5.41, 5.74) is 1.22. The number of aromatic nitrogens is 4. The number of hydrogen-bond acceptors (Lipinski definition) is 5. The van der Waals surface area contributed by atoms with E-state index in [0.717, 1.165) is 10.2 Å². The van der Waals surface area contributed by atoms with E-state index in [2.05, 4.69) is 31.5 Å². The van der Waals surface area contributed by atoms with Gasteiger partial charge < -0.3 is 4.74 Å². The number of benzene rings is 2. The standard InChI is InChI=1S/C14H9BrN4O2/c15-11-3-7-13(8-4-11)21-14(20)10-1-5-12(6-2-10)19-9-16-17-18-19/h1-9H. The van der Waals surface area contributed by atoms with Crippen LogP contribution in [0.25, 0.3) is 5.69 Å². The average molecular weight is 345 g/mol. The summed E-state index contributed by atoms with van der Waals surface area (Å²) < 4.78 is 7.71. The largest absolute Gasteiger partial charge is 0.423 e. The number of halogens is 1. The van der Waals surface area contributed by atoms with Gasteiger partial charge in [-0.15, -0.1) is 5.10 Å². The molecule has 104 valence electrons. The van der Waals surface area contributed by atoms with Gasteiger partial charge in [-0.05, 0) is 59.0 Å². The molecule has 21 heavy (non-hydrogen) atoms. The lowest BCUT2D eigenvalue weighted by Crippen LogP contribution is -2.08. The van der Waals surface area contributed by atoms with E-state index in [1.165, 1.54) is 11.0 Å². The fraction of sp³-hybridized carbons (Fsp3) is 0. The van der Waals surface area contributed by atoms with Crippen molar-refractivity contribution in [3.63, 3.8) is 0 Å². The zero-order chi connectivity index (χ0) is 14.7. The molecule has 0 radical (unpaired) electrons. The van der Waals surface area contributed by atoms with E-state index in [0.29, 0.717) is 11.3 Å². The van der Waals surface area contributed by atoms with Crippen LogP contribution in [-0.2, 0) is 0 Å². The molecule has 1 heterocycles. The summed E-state index contributed by atoms with van der Waals surface area (Å²) in [6.07, 6.45) is 1.48. The quantitative estimate of drug-likeness (QED) is 0.539. The Morgan fingerprint density at radius 1 is 1.05 bits per heavy atom. The molecule has 0 aliphatic heterocycles. The first kappa shape index (κ1) is 13.4. The van der Waals surface area contributed by atoms with Crippen LogP contribution in [0.3, 0.4) is 0 Å². The maximum atomic E-state index is 12.0. The molecule has 1 aromatic heterocycles. The molecule has 0 atom stereocenters. The molecule has 6 nitrogen and oxygen atoms in total.